The molecule has 0 unspecified atom stereocenters. The van der Waals surface area contributed by atoms with Gasteiger partial charge in [0.2, 0.25) is 0 Å². The Hall–Kier alpha value is -2.33. The van der Waals surface area contributed by atoms with E-state index in [2.05, 4.69) is 10.3 Å². The van der Waals surface area contributed by atoms with Gasteiger partial charge in [-0.05, 0) is 43.0 Å². The number of thioether (sulfide) groups is 1. The number of fused-ring (bicyclic) bond motifs is 1. The molecule has 3 nitrogen and oxygen atoms in total. The van der Waals surface area contributed by atoms with E-state index < -0.39 is 0 Å². The molecule has 0 atom stereocenters. The SMILES string of the molecule is Cc1ccc(NC(=O)Sc2cccc3cccnc23)cc1. The summed E-state index contributed by atoms with van der Waals surface area (Å²) in [5.41, 5.74) is 2.81. The molecule has 4 heteroatoms. The number of aryl methyl sites for hydroxylation is 1. The summed E-state index contributed by atoms with van der Waals surface area (Å²) in [6, 6.07) is 17.5. The van der Waals surface area contributed by atoms with Crippen molar-refractivity contribution in [2.75, 3.05) is 5.32 Å². The maximum Gasteiger partial charge on any atom is 0.288 e. The number of carbonyl (C=O) groups is 1. The zero-order valence-corrected chi connectivity index (χ0v) is 12.4. The maximum absolute atomic E-state index is 12.1. The Bertz CT molecular complexity index is 779. The highest BCUT2D eigenvalue weighted by molar-refractivity contribution is 8.14. The van der Waals surface area contributed by atoms with E-state index in [0.717, 1.165) is 33.2 Å². The van der Waals surface area contributed by atoms with Crippen LogP contribution in [0.1, 0.15) is 5.56 Å². The van der Waals surface area contributed by atoms with Gasteiger partial charge in [-0.25, -0.2) is 0 Å². The number of nitrogens with one attached hydrogen (secondary N) is 1. The fourth-order valence-corrected chi connectivity index (χ4v) is 2.82. The quantitative estimate of drug-likeness (QED) is 0.686. The van der Waals surface area contributed by atoms with Crippen LogP contribution in [0.25, 0.3) is 10.9 Å². The highest BCUT2D eigenvalue weighted by Crippen LogP contribution is 2.27. The lowest BCUT2D eigenvalue weighted by Gasteiger charge is -2.06. The van der Waals surface area contributed by atoms with E-state index in [0.29, 0.717) is 0 Å². The normalized spacial score (nSPS) is 10.5. The molecule has 0 bridgehead atoms. The maximum atomic E-state index is 12.1. The molecule has 3 aromatic rings. The second-order valence-electron chi connectivity index (χ2n) is 4.71. The summed E-state index contributed by atoms with van der Waals surface area (Å²) >= 11 is 1.16. The summed E-state index contributed by atoms with van der Waals surface area (Å²) in [5, 5.41) is 3.80. The lowest BCUT2D eigenvalue weighted by molar-refractivity contribution is 0.270. The minimum absolute atomic E-state index is 0.114. The van der Waals surface area contributed by atoms with Gasteiger partial charge < -0.3 is 5.32 Å². The minimum Gasteiger partial charge on any atom is -0.317 e. The molecule has 1 aromatic heterocycles. The van der Waals surface area contributed by atoms with Crippen LogP contribution in [0, 0.1) is 6.92 Å². The van der Waals surface area contributed by atoms with Crippen molar-refractivity contribution in [3.63, 3.8) is 0 Å². The van der Waals surface area contributed by atoms with Crippen molar-refractivity contribution < 1.29 is 4.79 Å². The van der Waals surface area contributed by atoms with E-state index in [1.54, 1.807) is 6.20 Å². The number of anilines is 1. The smallest absolute Gasteiger partial charge is 0.288 e. The molecule has 0 aliphatic carbocycles. The molecular formula is C17H14N2OS. The standard InChI is InChI=1S/C17H14N2OS/c1-12-7-9-14(10-8-12)19-17(20)21-15-6-2-4-13-5-3-11-18-16(13)15/h2-11H,1H3,(H,19,20). The first kappa shape index (κ1) is 13.6. The van der Waals surface area contributed by atoms with Crippen LogP contribution in [0.15, 0.2) is 65.7 Å². The van der Waals surface area contributed by atoms with Crippen molar-refractivity contribution >= 4 is 33.6 Å². The number of pyridine rings is 1. The summed E-state index contributed by atoms with van der Waals surface area (Å²) in [5.74, 6) is 0. The van der Waals surface area contributed by atoms with Gasteiger partial charge in [0.25, 0.3) is 5.24 Å². The average Bonchev–Trinajstić information content (AvgIpc) is 2.50. The third-order valence-corrected chi connectivity index (χ3v) is 3.93. The van der Waals surface area contributed by atoms with Crippen LogP contribution in [0.2, 0.25) is 0 Å². The molecular weight excluding hydrogens is 280 g/mol. The predicted molar refractivity (Wildman–Crippen MR) is 87.8 cm³/mol. The number of carbonyl (C=O) groups excluding carboxylic acids is 1. The number of para-hydroxylation sites is 1. The zero-order valence-electron chi connectivity index (χ0n) is 11.5. The Morgan fingerprint density at radius 1 is 1.05 bits per heavy atom. The average molecular weight is 294 g/mol. The Morgan fingerprint density at radius 2 is 1.81 bits per heavy atom. The van der Waals surface area contributed by atoms with Crippen LogP contribution in [-0.4, -0.2) is 10.2 Å². The van der Waals surface area contributed by atoms with Crippen LogP contribution < -0.4 is 5.32 Å². The minimum atomic E-state index is -0.114. The van der Waals surface area contributed by atoms with Crippen molar-refractivity contribution in [1.29, 1.82) is 0 Å². The second kappa shape index (κ2) is 5.97. The highest BCUT2D eigenvalue weighted by atomic mass is 32.2. The number of nitrogens with zero attached hydrogens (tertiary/aromatic N) is 1. The van der Waals surface area contributed by atoms with Crippen molar-refractivity contribution in [1.82, 2.24) is 4.98 Å². The summed E-state index contributed by atoms with van der Waals surface area (Å²) < 4.78 is 0. The lowest BCUT2D eigenvalue weighted by Crippen LogP contribution is -2.04. The highest BCUT2D eigenvalue weighted by Gasteiger charge is 2.09. The number of benzene rings is 2. The number of rotatable bonds is 2. The van der Waals surface area contributed by atoms with Gasteiger partial charge in [-0.2, -0.15) is 0 Å². The van der Waals surface area contributed by atoms with Crippen LogP contribution >= 0.6 is 11.8 Å². The molecule has 104 valence electrons. The van der Waals surface area contributed by atoms with E-state index in [4.69, 9.17) is 0 Å². The van der Waals surface area contributed by atoms with Crippen molar-refractivity contribution in [3.8, 4) is 0 Å². The molecule has 0 aliphatic heterocycles. The van der Waals surface area contributed by atoms with E-state index in [1.165, 1.54) is 5.56 Å². The topological polar surface area (TPSA) is 42.0 Å². The van der Waals surface area contributed by atoms with Crippen molar-refractivity contribution in [2.45, 2.75) is 11.8 Å². The Kier molecular flexibility index (Phi) is 3.88. The summed E-state index contributed by atoms with van der Waals surface area (Å²) in [7, 11) is 0. The van der Waals surface area contributed by atoms with Gasteiger partial charge in [-0.15, -0.1) is 0 Å². The third-order valence-electron chi connectivity index (χ3n) is 3.10. The van der Waals surface area contributed by atoms with E-state index >= 15 is 0 Å². The molecule has 3 rings (SSSR count). The first-order valence-electron chi connectivity index (χ1n) is 6.61. The van der Waals surface area contributed by atoms with Crippen LogP contribution in [-0.2, 0) is 0 Å². The van der Waals surface area contributed by atoms with Crippen LogP contribution in [0.4, 0.5) is 10.5 Å². The Labute approximate surface area is 127 Å². The molecule has 2 aromatic carbocycles. The first-order chi connectivity index (χ1) is 10.2. The zero-order chi connectivity index (χ0) is 14.7. The van der Waals surface area contributed by atoms with Gasteiger partial charge in [-0.3, -0.25) is 9.78 Å². The molecule has 1 N–H and O–H groups in total. The van der Waals surface area contributed by atoms with Gasteiger partial charge in [-0.1, -0.05) is 35.9 Å². The van der Waals surface area contributed by atoms with Gasteiger partial charge in [0.1, 0.15) is 0 Å². The first-order valence-corrected chi connectivity index (χ1v) is 7.43. The number of hydrogen-bond donors (Lipinski definition) is 1. The van der Waals surface area contributed by atoms with E-state index in [1.807, 2.05) is 61.5 Å². The Morgan fingerprint density at radius 3 is 2.62 bits per heavy atom. The third kappa shape index (κ3) is 3.23. The largest absolute Gasteiger partial charge is 0.317 e. The molecule has 21 heavy (non-hydrogen) atoms. The summed E-state index contributed by atoms with van der Waals surface area (Å²) in [6.45, 7) is 2.02. The van der Waals surface area contributed by atoms with Gasteiger partial charge >= 0.3 is 0 Å². The fraction of sp³-hybridized carbons (Fsp3) is 0.0588. The summed E-state index contributed by atoms with van der Waals surface area (Å²) in [6.07, 6.45) is 1.74. The molecule has 0 aliphatic rings. The molecule has 1 heterocycles. The molecule has 0 spiro atoms. The fourth-order valence-electron chi connectivity index (χ4n) is 2.04. The van der Waals surface area contributed by atoms with Crippen molar-refractivity contribution in [2.24, 2.45) is 0 Å². The van der Waals surface area contributed by atoms with Crippen molar-refractivity contribution in [3.05, 3.63) is 66.4 Å². The van der Waals surface area contributed by atoms with Gasteiger partial charge in [0.05, 0.1) is 5.52 Å². The van der Waals surface area contributed by atoms with Crippen LogP contribution in [0.3, 0.4) is 0 Å². The lowest BCUT2D eigenvalue weighted by atomic mass is 10.2. The molecule has 1 amide bonds. The Balaban J connectivity index is 1.79. The number of hydrogen-bond acceptors (Lipinski definition) is 3. The monoisotopic (exact) mass is 294 g/mol. The second-order valence-corrected chi connectivity index (χ2v) is 5.73. The van der Waals surface area contributed by atoms with E-state index in [9.17, 15) is 4.79 Å². The molecule has 0 saturated carbocycles. The van der Waals surface area contributed by atoms with Gasteiger partial charge in [0, 0.05) is 22.2 Å². The summed E-state index contributed by atoms with van der Waals surface area (Å²) in [4.78, 5) is 17.3. The molecule has 0 fully saturated rings. The number of aromatic nitrogens is 1. The molecule has 0 saturated heterocycles. The number of amides is 1. The van der Waals surface area contributed by atoms with Crippen LogP contribution in [0.5, 0.6) is 0 Å². The predicted octanol–water partition coefficient (Wildman–Crippen LogP) is 4.87. The molecule has 0 radical (unpaired) electrons. The van der Waals surface area contributed by atoms with E-state index in [-0.39, 0.29) is 5.24 Å². The van der Waals surface area contributed by atoms with Gasteiger partial charge in [0.15, 0.2) is 0 Å².